The third-order valence-electron chi connectivity index (χ3n) is 4.33. The van der Waals surface area contributed by atoms with Crippen molar-refractivity contribution in [3.8, 4) is 5.75 Å². The summed E-state index contributed by atoms with van der Waals surface area (Å²) in [6.07, 6.45) is -1.48. The fourth-order valence-corrected chi connectivity index (χ4v) is 3.06. The lowest BCUT2D eigenvalue weighted by molar-refractivity contribution is 0.0554. The molecule has 178 valence electrons. The molecule has 2 amide bonds. The number of nitrogen functional groups attached to an aromatic ring is 1. The third-order valence-corrected chi connectivity index (χ3v) is 4.33. The van der Waals surface area contributed by atoms with Crippen LogP contribution in [-0.2, 0) is 9.47 Å². The molecule has 0 saturated carbocycles. The van der Waals surface area contributed by atoms with E-state index < -0.39 is 23.4 Å². The SMILES string of the molecule is COc1cc(N)ccc1N1CCN(/C(=N\C(=O)OC(C)(C)C)NC(=O)OC(C)(C)C)CC1. The topological polar surface area (TPSA) is 119 Å². The molecule has 0 bridgehead atoms. The number of hydrogen-bond acceptors (Lipinski definition) is 7. The lowest BCUT2D eigenvalue weighted by Gasteiger charge is -2.38. The molecule has 0 aliphatic carbocycles. The lowest BCUT2D eigenvalue weighted by Crippen LogP contribution is -2.54. The van der Waals surface area contributed by atoms with Crippen molar-refractivity contribution >= 4 is 29.5 Å². The van der Waals surface area contributed by atoms with Crippen molar-refractivity contribution in [1.29, 1.82) is 0 Å². The Bertz CT molecular complexity index is 849. The van der Waals surface area contributed by atoms with Crippen LogP contribution in [0.1, 0.15) is 41.5 Å². The van der Waals surface area contributed by atoms with Gasteiger partial charge < -0.3 is 29.7 Å². The summed E-state index contributed by atoms with van der Waals surface area (Å²) >= 11 is 0. The van der Waals surface area contributed by atoms with E-state index in [-0.39, 0.29) is 5.96 Å². The van der Waals surface area contributed by atoms with Crippen LogP contribution < -0.4 is 20.7 Å². The standard InChI is InChI=1S/C22H35N5O5/c1-21(2,3)31-19(28)24-18(25-20(29)32-22(4,5)6)27-12-10-26(11-13-27)16-9-8-15(23)14-17(16)30-7/h8-9,14H,10-13,23H2,1-7H3,(H,24,25,28,29). The van der Waals surface area contributed by atoms with Gasteiger partial charge in [0.2, 0.25) is 5.96 Å². The fourth-order valence-electron chi connectivity index (χ4n) is 3.06. The van der Waals surface area contributed by atoms with Crippen molar-refractivity contribution in [3.05, 3.63) is 18.2 Å². The van der Waals surface area contributed by atoms with Gasteiger partial charge in [0.25, 0.3) is 0 Å². The van der Waals surface area contributed by atoms with Crippen molar-refractivity contribution < 1.29 is 23.8 Å². The summed E-state index contributed by atoms with van der Waals surface area (Å²) in [4.78, 5) is 32.6. The minimum atomic E-state index is -0.786. The number of piperazine rings is 1. The molecule has 1 heterocycles. The minimum absolute atomic E-state index is 0.0948. The maximum Gasteiger partial charge on any atom is 0.437 e. The van der Waals surface area contributed by atoms with Gasteiger partial charge in [-0.15, -0.1) is 4.99 Å². The van der Waals surface area contributed by atoms with Crippen molar-refractivity contribution in [2.75, 3.05) is 43.9 Å². The molecule has 1 aromatic carbocycles. The maximum atomic E-state index is 12.3. The molecule has 2 rings (SSSR count). The second kappa shape index (κ2) is 9.97. The highest BCUT2D eigenvalue weighted by atomic mass is 16.6. The second-order valence-electron chi connectivity index (χ2n) is 9.45. The molecule has 1 aromatic rings. The predicted octanol–water partition coefficient (Wildman–Crippen LogP) is 3.22. The molecule has 10 nitrogen and oxygen atoms in total. The smallest absolute Gasteiger partial charge is 0.437 e. The van der Waals surface area contributed by atoms with Crippen LogP contribution in [0.15, 0.2) is 23.2 Å². The van der Waals surface area contributed by atoms with Crippen molar-refractivity contribution in [1.82, 2.24) is 10.2 Å². The van der Waals surface area contributed by atoms with E-state index in [1.807, 2.05) is 17.0 Å². The molecule has 0 spiro atoms. The molecule has 32 heavy (non-hydrogen) atoms. The molecule has 1 fully saturated rings. The maximum absolute atomic E-state index is 12.3. The first-order chi connectivity index (χ1) is 14.8. The van der Waals surface area contributed by atoms with E-state index in [4.69, 9.17) is 19.9 Å². The van der Waals surface area contributed by atoms with Gasteiger partial charge >= 0.3 is 12.2 Å². The van der Waals surface area contributed by atoms with Crippen LogP contribution in [0.5, 0.6) is 5.75 Å². The largest absolute Gasteiger partial charge is 0.495 e. The van der Waals surface area contributed by atoms with Gasteiger partial charge in [0.1, 0.15) is 17.0 Å². The van der Waals surface area contributed by atoms with Gasteiger partial charge in [-0.3, -0.25) is 5.32 Å². The number of amides is 2. The zero-order valence-corrected chi connectivity index (χ0v) is 20.0. The summed E-state index contributed by atoms with van der Waals surface area (Å²) in [5, 5.41) is 2.60. The molecule has 0 radical (unpaired) electrons. The van der Waals surface area contributed by atoms with Gasteiger partial charge in [0, 0.05) is 37.9 Å². The Hall–Kier alpha value is -3.17. The minimum Gasteiger partial charge on any atom is -0.495 e. The van der Waals surface area contributed by atoms with Gasteiger partial charge in [0.15, 0.2) is 0 Å². The number of hydrogen-bond donors (Lipinski definition) is 2. The highest BCUT2D eigenvalue weighted by molar-refractivity contribution is 5.99. The molecule has 0 unspecified atom stereocenters. The van der Waals surface area contributed by atoms with Crippen LogP contribution in [-0.4, -0.2) is 67.5 Å². The Labute approximate surface area is 189 Å². The first-order valence-corrected chi connectivity index (χ1v) is 10.5. The zero-order chi connectivity index (χ0) is 24.1. The summed E-state index contributed by atoms with van der Waals surface area (Å²) in [5.41, 5.74) is 6.01. The molecular weight excluding hydrogens is 414 g/mol. The Morgan fingerprint density at radius 1 is 1.00 bits per heavy atom. The van der Waals surface area contributed by atoms with Crippen LogP contribution >= 0.6 is 0 Å². The van der Waals surface area contributed by atoms with Crippen molar-refractivity contribution in [2.24, 2.45) is 4.99 Å². The molecule has 1 saturated heterocycles. The van der Waals surface area contributed by atoms with Gasteiger partial charge in [-0.1, -0.05) is 0 Å². The number of carbonyl (C=O) groups excluding carboxylic acids is 2. The average molecular weight is 450 g/mol. The Kier molecular flexibility index (Phi) is 7.82. The number of ether oxygens (including phenoxy) is 3. The summed E-state index contributed by atoms with van der Waals surface area (Å²) in [6.45, 7) is 12.8. The number of benzene rings is 1. The van der Waals surface area contributed by atoms with Crippen molar-refractivity contribution in [3.63, 3.8) is 0 Å². The molecule has 1 aliphatic heterocycles. The molecule has 10 heteroatoms. The Morgan fingerprint density at radius 2 is 1.59 bits per heavy atom. The first kappa shape index (κ1) is 25.1. The van der Waals surface area contributed by atoms with Gasteiger partial charge in [-0.25, -0.2) is 9.59 Å². The number of alkyl carbamates (subject to hydrolysis) is 1. The highest BCUT2D eigenvalue weighted by Crippen LogP contribution is 2.31. The molecular formula is C22H35N5O5. The number of guanidine groups is 1. The van der Waals surface area contributed by atoms with Crippen LogP contribution in [0.2, 0.25) is 0 Å². The van der Waals surface area contributed by atoms with E-state index in [9.17, 15) is 9.59 Å². The Morgan fingerprint density at radius 3 is 2.12 bits per heavy atom. The summed E-state index contributed by atoms with van der Waals surface area (Å²) in [6, 6.07) is 5.52. The lowest BCUT2D eigenvalue weighted by atomic mass is 10.2. The van der Waals surface area contributed by atoms with E-state index in [2.05, 4.69) is 15.2 Å². The Balaban J connectivity index is 2.16. The van der Waals surface area contributed by atoms with Gasteiger partial charge in [-0.2, -0.15) is 0 Å². The normalized spacial score (nSPS) is 15.3. The third kappa shape index (κ3) is 7.82. The number of nitrogens with one attached hydrogen (secondary N) is 1. The predicted molar refractivity (Wildman–Crippen MR) is 124 cm³/mol. The fraction of sp³-hybridized carbons (Fsp3) is 0.591. The van der Waals surface area contributed by atoms with Crippen LogP contribution in [0.25, 0.3) is 0 Å². The van der Waals surface area contributed by atoms with Gasteiger partial charge in [0.05, 0.1) is 12.8 Å². The molecule has 0 atom stereocenters. The highest BCUT2D eigenvalue weighted by Gasteiger charge is 2.27. The number of nitrogens with zero attached hydrogens (tertiary/aromatic N) is 3. The summed E-state index contributed by atoms with van der Waals surface area (Å²) in [7, 11) is 1.60. The second-order valence-corrected chi connectivity index (χ2v) is 9.45. The number of aliphatic imine (C=N–C) groups is 1. The number of rotatable bonds is 2. The monoisotopic (exact) mass is 449 g/mol. The molecule has 0 aromatic heterocycles. The van der Waals surface area contributed by atoms with E-state index in [0.29, 0.717) is 37.6 Å². The zero-order valence-electron chi connectivity index (χ0n) is 20.0. The number of nitrogens with two attached hydrogens (primary N) is 1. The number of anilines is 2. The van der Waals surface area contributed by atoms with Crippen LogP contribution in [0, 0.1) is 0 Å². The van der Waals surface area contributed by atoms with Gasteiger partial charge in [-0.05, 0) is 53.7 Å². The number of carbonyl (C=O) groups is 2. The van der Waals surface area contributed by atoms with E-state index >= 15 is 0 Å². The van der Waals surface area contributed by atoms with E-state index in [1.165, 1.54) is 0 Å². The van der Waals surface area contributed by atoms with Crippen molar-refractivity contribution in [2.45, 2.75) is 52.7 Å². The first-order valence-electron chi connectivity index (χ1n) is 10.5. The number of methoxy groups -OCH3 is 1. The summed E-state index contributed by atoms with van der Waals surface area (Å²) < 4.78 is 16.1. The van der Waals surface area contributed by atoms with Crippen LogP contribution in [0.4, 0.5) is 21.0 Å². The average Bonchev–Trinajstić information content (AvgIpc) is 2.64. The summed E-state index contributed by atoms with van der Waals surface area (Å²) in [5.74, 6) is 0.783. The molecule has 3 N–H and O–H groups in total. The molecule has 1 aliphatic rings. The van der Waals surface area contributed by atoms with Crippen LogP contribution in [0.3, 0.4) is 0 Å². The van der Waals surface area contributed by atoms with E-state index in [1.54, 1.807) is 54.7 Å². The van der Waals surface area contributed by atoms with E-state index in [0.717, 1.165) is 5.69 Å². The quantitative estimate of drug-likeness (QED) is 0.401.